The van der Waals surface area contributed by atoms with Crippen LogP contribution in [0.25, 0.3) is 0 Å². The van der Waals surface area contributed by atoms with Gasteiger partial charge in [-0.1, -0.05) is 13.8 Å². The first kappa shape index (κ1) is 13.5. The van der Waals surface area contributed by atoms with Crippen LogP contribution in [0.4, 0.5) is 4.79 Å². The van der Waals surface area contributed by atoms with E-state index in [1.165, 1.54) is 0 Å². The molecule has 2 aliphatic rings. The largest absolute Gasteiger partial charge is 0.480 e. The van der Waals surface area contributed by atoms with Gasteiger partial charge in [0.15, 0.2) is 0 Å². The van der Waals surface area contributed by atoms with Crippen molar-refractivity contribution in [3.8, 4) is 0 Å². The molecule has 2 saturated heterocycles. The summed E-state index contributed by atoms with van der Waals surface area (Å²) in [5.41, 5.74) is 0. The molecule has 102 valence electrons. The van der Waals surface area contributed by atoms with E-state index in [1.54, 1.807) is 21.6 Å². The Labute approximate surface area is 112 Å². The number of likely N-dealkylation sites (tertiary alicyclic amines) is 1. The first-order chi connectivity index (χ1) is 8.52. The molecule has 2 rings (SSSR count). The molecule has 2 aliphatic heterocycles. The highest BCUT2D eigenvalue weighted by molar-refractivity contribution is 8.00. The fraction of sp³-hybridized carbons (Fsp3) is 0.833. The molecule has 2 heterocycles. The fourth-order valence-corrected chi connectivity index (χ4v) is 4.01. The summed E-state index contributed by atoms with van der Waals surface area (Å²) in [5.74, 6) is -0.123. The Hall–Kier alpha value is -0.910. The molecule has 1 N–H and O–H groups in total. The maximum absolute atomic E-state index is 12.5. The minimum Gasteiger partial charge on any atom is -0.480 e. The van der Waals surface area contributed by atoms with Crippen molar-refractivity contribution in [3.05, 3.63) is 0 Å². The molecule has 0 aromatic carbocycles. The molecular weight excluding hydrogens is 252 g/mol. The van der Waals surface area contributed by atoms with E-state index in [0.29, 0.717) is 5.75 Å². The third-order valence-corrected chi connectivity index (χ3v) is 5.11. The van der Waals surface area contributed by atoms with Gasteiger partial charge in [0.25, 0.3) is 0 Å². The Morgan fingerprint density at radius 1 is 1.28 bits per heavy atom. The monoisotopic (exact) mass is 272 g/mol. The maximum Gasteiger partial charge on any atom is 0.327 e. The van der Waals surface area contributed by atoms with Crippen molar-refractivity contribution in [2.75, 3.05) is 18.8 Å². The number of rotatable bonds is 2. The minimum absolute atomic E-state index is 0.0146. The van der Waals surface area contributed by atoms with Gasteiger partial charge in [-0.2, -0.15) is 0 Å². The maximum atomic E-state index is 12.5. The topological polar surface area (TPSA) is 60.9 Å². The second-order valence-corrected chi connectivity index (χ2v) is 6.36. The van der Waals surface area contributed by atoms with E-state index >= 15 is 0 Å². The molecule has 0 saturated carbocycles. The van der Waals surface area contributed by atoms with Gasteiger partial charge in [0.2, 0.25) is 0 Å². The third kappa shape index (κ3) is 2.43. The molecule has 0 aromatic heterocycles. The van der Waals surface area contributed by atoms with Crippen molar-refractivity contribution >= 4 is 23.8 Å². The van der Waals surface area contributed by atoms with Crippen molar-refractivity contribution < 1.29 is 14.7 Å². The van der Waals surface area contributed by atoms with E-state index in [4.69, 9.17) is 0 Å². The zero-order valence-corrected chi connectivity index (χ0v) is 11.7. The van der Waals surface area contributed by atoms with E-state index < -0.39 is 12.0 Å². The van der Waals surface area contributed by atoms with Crippen LogP contribution in [0.15, 0.2) is 0 Å². The summed E-state index contributed by atoms with van der Waals surface area (Å²) in [6.45, 7) is 5.59. The van der Waals surface area contributed by atoms with Crippen molar-refractivity contribution in [2.24, 2.45) is 5.92 Å². The zero-order valence-electron chi connectivity index (χ0n) is 10.8. The van der Waals surface area contributed by atoms with Gasteiger partial charge in [-0.25, -0.2) is 9.59 Å². The van der Waals surface area contributed by atoms with Crippen molar-refractivity contribution in [3.63, 3.8) is 0 Å². The van der Waals surface area contributed by atoms with E-state index in [-0.39, 0.29) is 17.3 Å². The Morgan fingerprint density at radius 2 is 1.89 bits per heavy atom. The fourth-order valence-electron chi connectivity index (χ4n) is 2.55. The van der Waals surface area contributed by atoms with Crippen LogP contribution in [0, 0.1) is 5.92 Å². The van der Waals surface area contributed by atoms with Crippen molar-refractivity contribution in [1.29, 1.82) is 0 Å². The highest BCUT2D eigenvalue weighted by Gasteiger charge is 2.44. The van der Waals surface area contributed by atoms with Gasteiger partial charge in [0.05, 0.1) is 5.37 Å². The molecule has 0 radical (unpaired) electrons. The number of carboxylic acids is 1. The Balaban J connectivity index is 2.17. The quantitative estimate of drug-likeness (QED) is 0.831. The lowest BCUT2D eigenvalue weighted by Gasteiger charge is -2.33. The molecule has 2 atom stereocenters. The molecular formula is C12H20N2O3S. The number of carbonyl (C=O) groups is 2. The summed E-state index contributed by atoms with van der Waals surface area (Å²) in [6, 6.07) is -0.765. The van der Waals surface area contributed by atoms with Crippen molar-refractivity contribution in [1.82, 2.24) is 9.80 Å². The van der Waals surface area contributed by atoms with Crippen LogP contribution in [0.2, 0.25) is 0 Å². The van der Waals surface area contributed by atoms with Crippen molar-refractivity contribution in [2.45, 2.75) is 38.1 Å². The van der Waals surface area contributed by atoms with Gasteiger partial charge in [0.1, 0.15) is 6.04 Å². The second kappa shape index (κ2) is 5.38. The molecule has 0 bridgehead atoms. The first-order valence-electron chi connectivity index (χ1n) is 6.44. The van der Waals surface area contributed by atoms with Gasteiger partial charge in [-0.05, 0) is 18.8 Å². The summed E-state index contributed by atoms with van der Waals surface area (Å²) in [4.78, 5) is 27.1. The molecule has 0 aliphatic carbocycles. The zero-order chi connectivity index (χ0) is 13.3. The normalized spacial score (nSPS) is 28.2. The van der Waals surface area contributed by atoms with Gasteiger partial charge in [0, 0.05) is 18.8 Å². The van der Waals surface area contributed by atoms with Gasteiger partial charge < -0.3 is 10.0 Å². The average Bonchev–Trinajstić information content (AvgIpc) is 2.97. The minimum atomic E-state index is -0.891. The van der Waals surface area contributed by atoms with Crippen LogP contribution in [-0.4, -0.2) is 57.2 Å². The highest BCUT2D eigenvalue weighted by atomic mass is 32.2. The standard InChI is InChI=1S/C12H20N2O3S/c1-8(2)10-14(9(7-18-10)11(15)16)12(17)13-5-3-4-6-13/h8-10H,3-7H2,1-2H3,(H,15,16). The lowest BCUT2D eigenvalue weighted by atomic mass is 10.1. The Morgan fingerprint density at radius 3 is 2.39 bits per heavy atom. The summed E-state index contributed by atoms with van der Waals surface area (Å²) in [5, 5.41) is 9.23. The first-order valence-corrected chi connectivity index (χ1v) is 7.49. The molecule has 6 heteroatoms. The number of urea groups is 1. The molecule has 2 unspecified atom stereocenters. The average molecular weight is 272 g/mol. The molecule has 0 aromatic rings. The van der Waals surface area contributed by atoms with Gasteiger partial charge in [-0.3, -0.25) is 4.90 Å². The smallest absolute Gasteiger partial charge is 0.327 e. The lowest BCUT2D eigenvalue weighted by Crippen LogP contribution is -2.52. The number of nitrogens with zero attached hydrogens (tertiary/aromatic N) is 2. The molecule has 5 nitrogen and oxygen atoms in total. The predicted octanol–water partition coefficient (Wildman–Crippen LogP) is 1.69. The van der Waals surface area contributed by atoms with Crippen LogP contribution in [0.5, 0.6) is 0 Å². The number of carboxylic acid groups (broad SMARTS) is 1. The Bertz CT molecular complexity index is 342. The second-order valence-electron chi connectivity index (χ2n) is 5.21. The highest BCUT2D eigenvalue weighted by Crippen LogP contribution is 2.35. The molecule has 2 fully saturated rings. The van der Waals surface area contributed by atoms with E-state index in [9.17, 15) is 14.7 Å². The summed E-state index contributed by atoms with van der Waals surface area (Å²) in [6.07, 6.45) is 2.05. The number of amides is 2. The van der Waals surface area contributed by atoms with E-state index in [1.807, 2.05) is 13.8 Å². The lowest BCUT2D eigenvalue weighted by molar-refractivity contribution is -0.141. The van der Waals surface area contributed by atoms with Crippen LogP contribution in [0.1, 0.15) is 26.7 Å². The molecule has 0 spiro atoms. The van der Waals surface area contributed by atoms with Crippen LogP contribution >= 0.6 is 11.8 Å². The number of carbonyl (C=O) groups excluding carboxylic acids is 1. The summed E-state index contributed by atoms with van der Waals surface area (Å²) >= 11 is 1.58. The molecule has 2 amide bonds. The van der Waals surface area contributed by atoms with Crippen LogP contribution < -0.4 is 0 Å². The van der Waals surface area contributed by atoms with Gasteiger partial charge in [-0.15, -0.1) is 11.8 Å². The third-order valence-electron chi connectivity index (χ3n) is 3.49. The van der Waals surface area contributed by atoms with Crippen LogP contribution in [-0.2, 0) is 4.79 Å². The molecule has 18 heavy (non-hydrogen) atoms. The van der Waals surface area contributed by atoms with E-state index in [2.05, 4.69) is 0 Å². The van der Waals surface area contributed by atoms with Gasteiger partial charge >= 0.3 is 12.0 Å². The predicted molar refractivity (Wildman–Crippen MR) is 70.5 cm³/mol. The number of hydrogen-bond acceptors (Lipinski definition) is 3. The SMILES string of the molecule is CC(C)C1SCC(C(=O)O)N1C(=O)N1CCCC1. The number of hydrogen-bond donors (Lipinski definition) is 1. The number of aliphatic carboxylic acids is 1. The van der Waals surface area contributed by atoms with E-state index in [0.717, 1.165) is 25.9 Å². The Kier molecular flexibility index (Phi) is 4.04. The summed E-state index contributed by atoms with van der Waals surface area (Å²) in [7, 11) is 0. The number of thioether (sulfide) groups is 1. The summed E-state index contributed by atoms with van der Waals surface area (Å²) < 4.78 is 0. The van der Waals surface area contributed by atoms with Crippen LogP contribution in [0.3, 0.4) is 0 Å².